The number of nitrogens with zero attached hydrogens (tertiary/aromatic N) is 2. The number of carbonyl (C=O) groups excluding carboxylic acids is 1. The van der Waals surface area contributed by atoms with Gasteiger partial charge in [0.15, 0.2) is 11.5 Å². The molecule has 2 heterocycles. The van der Waals surface area contributed by atoms with Crippen LogP contribution in [0.5, 0.6) is 11.5 Å². The molecule has 1 aromatic heterocycles. The molecule has 0 saturated heterocycles. The van der Waals surface area contributed by atoms with Crippen molar-refractivity contribution < 1.29 is 19.0 Å². The van der Waals surface area contributed by atoms with Crippen LogP contribution in [0, 0.1) is 6.92 Å². The van der Waals surface area contributed by atoms with Crippen molar-refractivity contribution in [1.29, 1.82) is 0 Å². The lowest BCUT2D eigenvalue weighted by Crippen LogP contribution is -2.47. The average Bonchev–Trinajstić information content (AvgIpc) is 2.82. The summed E-state index contributed by atoms with van der Waals surface area (Å²) in [6.07, 6.45) is -0.431. The van der Waals surface area contributed by atoms with Gasteiger partial charge in [0, 0.05) is 19.3 Å². The van der Waals surface area contributed by atoms with Gasteiger partial charge in [-0.05, 0) is 48.7 Å². The lowest BCUT2D eigenvalue weighted by molar-refractivity contribution is 0.0919. The summed E-state index contributed by atoms with van der Waals surface area (Å²) < 4.78 is 16.6. The van der Waals surface area contributed by atoms with Crippen LogP contribution in [0.3, 0.4) is 0 Å². The van der Waals surface area contributed by atoms with E-state index in [2.05, 4.69) is 22.3 Å². The van der Waals surface area contributed by atoms with E-state index in [9.17, 15) is 4.79 Å². The topological polar surface area (TPSA) is 72.9 Å². The maximum Gasteiger partial charge on any atom is 0.257 e. The molecule has 0 fully saturated rings. The van der Waals surface area contributed by atoms with Crippen molar-refractivity contribution in [3.63, 3.8) is 0 Å². The van der Waals surface area contributed by atoms with Gasteiger partial charge in [-0.1, -0.05) is 36.4 Å². The molecular weight excluding hydrogens is 418 g/mol. The van der Waals surface area contributed by atoms with Crippen molar-refractivity contribution in [1.82, 2.24) is 10.3 Å². The van der Waals surface area contributed by atoms with E-state index in [1.807, 2.05) is 56.3 Å². The van der Waals surface area contributed by atoms with Gasteiger partial charge in [0.25, 0.3) is 5.91 Å². The van der Waals surface area contributed by atoms with Crippen molar-refractivity contribution in [3.05, 3.63) is 82.5 Å². The Morgan fingerprint density at radius 2 is 1.85 bits per heavy atom. The molecule has 0 radical (unpaired) electrons. The van der Waals surface area contributed by atoms with Crippen LogP contribution in [0.4, 0.5) is 5.82 Å². The number of hydrogen-bond acceptors (Lipinski definition) is 6. The number of rotatable bonds is 8. The van der Waals surface area contributed by atoms with Gasteiger partial charge >= 0.3 is 0 Å². The number of amides is 1. The largest absolute Gasteiger partial charge is 0.493 e. The zero-order valence-corrected chi connectivity index (χ0v) is 19.4. The Kier molecular flexibility index (Phi) is 6.79. The number of anilines is 1. The minimum Gasteiger partial charge on any atom is -0.493 e. The van der Waals surface area contributed by atoms with Crippen molar-refractivity contribution in [2.45, 2.75) is 33.2 Å². The molecule has 0 saturated carbocycles. The quantitative estimate of drug-likeness (QED) is 0.552. The van der Waals surface area contributed by atoms with Gasteiger partial charge in [0.05, 0.1) is 25.9 Å². The van der Waals surface area contributed by atoms with E-state index in [0.717, 1.165) is 22.4 Å². The van der Waals surface area contributed by atoms with E-state index in [0.29, 0.717) is 42.6 Å². The van der Waals surface area contributed by atoms with E-state index >= 15 is 0 Å². The Hall–Kier alpha value is -3.58. The van der Waals surface area contributed by atoms with Crippen LogP contribution < -0.4 is 19.7 Å². The first-order valence-electron chi connectivity index (χ1n) is 11.0. The zero-order chi connectivity index (χ0) is 23.4. The molecule has 1 aliphatic rings. The Balaban J connectivity index is 1.84. The molecule has 0 bridgehead atoms. The van der Waals surface area contributed by atoms with E-state index in [1.165, 1.54) is 0 Å². The Morgan fingerprint density at radius 3 is 2.55 bits per heavy atom. The van der Waals surface area contributed by atoms with Crippen LogP contribution in [-0.4, -0.2) is 31.7 Å². The van der Waals surface area contributed by atoms with Crippen molar-refractivity contribution in [2.75, 3.05) is 25.7 Å². The van der Waals surface area contributed by atoms with Crippen LogP contribution in [0.25, 0.3) is 0 Å². The number of fused-ring (bicyclic) bond motifs is 1. The first-order chi connectivity index (χ1) is 16.0. The summed E-state index contributed by atoms with van der Waals surface area (Å²) >= 11 is 0. The molecular formula is C26H29N3O4. The lowest BCUT2D eigenvalue weighted by Gasteiger charge is -2.39. The van der Waals surface area contributed by atoms with E-state index in [-0.39, 0.29) is 5.91 Å². The highest BCUT2D eigenvalue weighted by molar-refractivity contribution is 6.02. The number of hydrogen-bond donors (Lipinski definition) is 1. The molecule has 7 nitrogen and oxygen atoms in total. The van der Waals surface area contributed by atoms with E-state index in [1.54, 1.807) is 14.2 Å². The fourth-order valence-corrected chi connectivity index (χ4v) is 4.18. The summed E-state index contributed by atoms with van der Waals surface area (Å²) in [5.74, 6) is 1.75. The highest BCUT2D eigenvalue weighted by Gasteiger charge is 2.35. The van der Waals surface area contributed by atoms with Crippen LogP contribution in [0.15, 0.2) is 54.6 Å². The molecule has 0 unspecified atom stereocenters. The molecule has 7 heteroatoms. The Morgan fingerprint density at radius 1 is 1.06 bits per heavy atom. The summed E-state index contributed by atoms with van der Waals surface area (Å²) in [6, 6.07) is 17.8. The third-order valence-electron chi connectivity index (χ3n) is 5.59. The van der Waals surface area contributed by atoms with Gasteiger partial charge in [-0.15, -0.1) is 0 Å². The van der Waals surface area contributed by atoms with Crippen LogP contribution in [0.2, 0.25) is 0 Å². The minimum atomic E-state index is -0.431. The van der Waals surface area contributed by atoms with Crippen molar-refractivity contribution >= 4 is 11.7 Å². The van der Waals surface area contributed by atoms with Crippen molar-refractivity contribution in [3.8, 4) is 11.5 Å². The van der Waals surface area contributed by atoms with Gasteiger partial charge in [0.2, 0.25) is 0 Å². The summed E-state index contributed by atoms with van der Waals surface area (Å²) in [4.78, 5) is 20.2. The number of ether oxygens (including phenoxy) is 3. The molecule has 2 aromatic carbocycles. The number of pyridine rings is 1. The number of nitrogens with one attached hydrogen (secondary N) is 1. The Bertz CT molecular complexity index is 1130. The van der Waals surface area contributed by atoms with Crippen LogP contribution in [-0.2, 0) is 17.9 Å². The first-order valence-corrected chi connectivity index (χ1v) is 11.0. The smallest absolute Gasteiger partial charge is 0.257 e. The fourth-order valence-electron chi connectivity index (χ4n) is 4.18. The standard InChI is InChI=1S/C26H29N3O4/c1-5-33-21-12-11-19(14-22(21)32-4)24-28-26(30)23-20(16-31-3)13-17(2)27-25(23)29(24)15-18-9-7-6-8-10-18/h6-14,24H,5,15-16H2,1-4H3,(H,28,30)/t24-/m0/s1. The minimum absolute atomic E-state index is 0.174. The van der Waals surface area contributed by atoms with Gasteiger partial charge in [0.1, 0.15) is 12.0 Å². The normalized spacial score (nSPS) is 15.1. The first kappa shape index (κ1) is 22.6. The molecule has 0 spiro atoms. The van der Waals surface area contributed by atoms with Crippen LogP contribution >= 0.6 is 0 Å². The molecule has 33 heavy (non-hydrogen) atoms. The maximum absolute atomic E-state index is 13.3. The molecule has 172 valence electrons. The molecule has 0 aliphatic carbocycles. The molecule has 1 atom stereocenters. The number of benzene rings is 2. The van der Waals surface area contributed by atoms with Crippen LogP contribution in [0.1, 0.15) is 45.8 Å². The summed E-state index contributed by atoms with van der Waals surface area (Å²) in [5.41, 5.74) is 4.18. The summed E-state index contributed by atoms with van der Waals surface area (Å²) in [6.45, 7) is 5.30. The predicted octanol–water partition coefficient (Wildman–Crippen LogP) is 4.39. The number of aryl methyl sites for hydroxylation is 1. The summed E-state index contributed by atoms with van der Waals surface area (Å²) in [5, 5.41) is 3.18. The second-order valence-corrected chi connectivity index (χ2v) is 7.89. The SMILES string of the molecule is CCOc1ccc([C@H]2NC(=O)c3c(COC)cc(C)nc3N2Cc2ccccc2)cc1OC. The highest BCUT2D eigenvalue weighted by Crippen LogP contribution is 2.38. The zero-order valence-electron chi connectivity index (χ0n) is 19.4. The third-order valence-corrected chi connectivity index (χ3v) is 5.59. The molecule has 3 aromatic rings. The second-order valence-electron chi connectivity index (χ2n) is 7.89. The third kappa shape index (κ3) is 4.64. The second kappa shape index (κ2) is 9.92. The summed E-state index contributed by atoms with van der Waals surface area (Å²) in [7, 11) is 3.24. The van der Waals surface area contributed by atoms with E-state index < -0.39 is 6.17 Å². The van der Waals surface area contributed by atoms with Crippen molar-refractivity contribution in [2.24, 2.45) is 0 Å². The molecule has 4 rings (SSSR count). The van der Waals surface area contributed by atoms with Gasteiger partial charge in [-0.2, -0.15) is 0 Å². The average molecular weight is 448 g/mol. The monoisotopic (exact) mass is 447 g/mol. The van der Waals surface area contributed by atoms with Gasteiger partial charge in [-0.25, -0.2) is 4.98 Å². The number of aromatic nitrogens is 1. The molecule has 1 N–H and O–H groups in total. The van der Waals surface area contributed by atoms with Gasteiger partial charge < -0.3 is 24.4 Å². The number of methoxy groups -OCH3 is 2. The van der Waals surface area contributed by atoms with E-state index in [4.69, 9.17) is 19.2 Å². The fraction of sp³-hybridized carbons (Fsp3) is 0.308. The maximum atomic E-state index is 13.3. The molecule has 1 amide bonds. The Labute approximate surface area is 194 Å². The predicted molar refractivity (Wildman–Crippen MR) is 127 cm³/mol. The highest BCUT2D eigenvalue weighted by atomic mass is 16.5. The number of carbonyl (C=O) groups is 1. The molecule has 1 aliphatic heterocycles. The van der Waals surface area contributed by atoms with Gasteiger partial charge in [-0.3, -0.25) is 4.79 Å². The lowest BCUT2D eigenvalue weighted by atomic mass is 10.0.